The van der Waals surface area contributed by atoms with E-state index >= 15 is 0 Å². The van der Waals surface area contributed by atoms with Gasteiger partial charge in [0, 0.05) is 31.7 Å². The van der Waals surface area contributed by atoms with Crippen molar-refractivity contribution in [1.29, 1.82) is 0 Å². The van der Waals surface area contributed by atoms with Gasteiger partial charge in [0.1, 0.15) is 11.7 Å². The summed E-state index contributed by atoms with van der Waals surface area (Å²) >= 11 is 0. The molecule has 4 atom stereocenters. The molecule has 244 valence electrons. The van der Waals surface area contributed by atoms with Crippen molar-refractivity contribution in [2.45, 2.75) is 149 Å². The van der Waals surface area contributed by atoms with Gasteiger partial charge in [-0.25, -0.2) is 4.79 Å². The Labute approximate surface area is 260 Å². The number of carbonyl (C=O) groups is 1. The van der Waals surface area contributed by atoms with Gasteiger partial charge >= 0.3 is 5.69 Å². The summed E-state index contributed by atoms with van der Waals surface area (Å²) in [5, 5.41) is 2.82. The molecule has 0 aromatic carbocycles. The number of aromatic amines is 1. The van der Waals surface area contributed by atoms with E-state index in [0.717, 1.165) is 19.3 Å². The number of aromatic nitrogens is 2. The van der Waals surface area contributed by atoms with Crippen LogP contribution in [0.5, 0.6) is 0 Å². The molecular formula is C35H59N3O5. The molecule has 1 aliphatic rings. The fourth-order valence-corrected chi connectivity index (χ4v) is 6.19. The zero-order valence-corrected chi connectivity index (χ0v) is 27.8. The molecule has 1 fully saturated rings. The van der Waals surface area contributed by atoms with E-state index in [-0.39, 0.29) is 29.6 Å². The molecule has 0 bridgehead atoms. The second-order valence-corrected chi connectivity index (χ2v) is 13.0. The number of nitrogens with one attached hydrogen (secondary N) is 2. The summed E-state index contributed by atoms with van der Waals surface area (Å²) in [7, 11) is 1.62. The largest absolute Gasteiger partial charge is 0.376 e. The van der Waals surface area contributed by atoms with Gasteiger partial charge in [-0.3, -0.25) is 19.1 Å². The van der Waals surface area contributed by atoms with E-state index in [4.69, 9.17) is 9.47 Å². The lowest BCUT2D eigenvalue weighted by molar-refractivity contribution is -0.115. The van der Waals surface area contributed by atoms with Crippen LogP contribution < -0.4 is 16.6 Å². The average molecular weight is 602 g/mol. The number of H-pyrrole nitrogens is 1. The number of carbonyl (C=O) groups excluding carboxylic acids is 1. The zero-order valence-electron chi connectivity index (χ0n) is 27.8. The van der Waals surface area contributed by atoms with Gasteiger partial charge in [0.25, 0.3) is 11.5 Å². The molecule has 1 aromatic heterocycles. The Morgan fingerprint density at radius 1 is 0.953 bits per heavy atom. The zero-order chi connectivity index (χ0) is 31.6. The highest BCUT2D eigenvalue weighted by Crippen LogP contribution is 2.41. The molecule has 0 radical (unpaired) electrons. The van der Waals surface area contributed by atoms with Gasteiger partial charge in [0.2, 0.25) is 0 Å². The molecular weight excluding hydrogens is 542 g/mol. The van der Waals surface area contributed by atoms with Crippen LogP contribution in [-0.2, 0) is 14.3 Å². The number of methoxy groups -OCH3 is 1. The Kier molecular flexibility index (Phi) is 17.6. The number of hydrogen-bond acceptors (Lipinski definition) is 5. The molecule has 1 aromatic rings. The van der Waals surface area contributed by atoms with Crippen LogP contribution in [0.4, 0.5) is 0 Å². The Morgan fingerprint density at radius 3 is 2.02 bits per heavy atom. The van der Waals surface area contributed by atoms with E-state index in [1.165, 1.54) is 87.8 Å². The molecule has 2 N–H and O–H groups in total. The molecule has 1 unspecified atom stereocenters. The van der Waals surface area contributed by atoms with Crippen molar-refractivity contribution in [2.75, 3.05) is 13.7 Å². The lowest BCUT2D eigenvalue weighted by Crippen LogP contribution is -2.39. The van der Waals surface area contributed by atoms with Crippen LogP contribution >= 0.6 is 0 Å². The summed E-state index contributed by atoms with van der Waals surface area (Å²) in [5.41, 5.74) is -1.17. The molecule has 1 aliphatic heterocycles. The maximum absolute atomic E-state index is 12.8. The molecule has 0 aliphatic carbocycles. The van der Waals surface area contributed by atoms with Gasteiger partial charge in [-0.2, -0.15) is 0 Å². The fraction of sp³-hybridized carbons (Fsp3) is 0.800. The van der Waals surface area contributed by atoms with Crippen LogP contribution in [0, 0.1) is 29.6 Å². The highest BCUT2D eigenvalue weighted by molar-refractivity contribution is 5.93. The topological polar surface area (TPSA) is 102 Å². The minimum Gasteiger partial charge on any atom is -0.376 e. The predicted molar refractivity (Wildman–Crippen MR) is 174 cm³/mol. The monoisotopic (exact) mass is 601 g/mol. The standard InChI is InChI=1S/C35H59N3O5/c1-7-8-9-10-11-12-13-14-15-16-17-18-19-20-23-36-30(39)22-21-28-25-38(35(41)37-33(28)40)34-32(42-6)31(27(4)5)29(43-34)24-26(2)3/h25-27,29,31-32,34H,7-20,23-24H2,1-6H3,(H,36,39)(H,37,40,41)/t29-,31?,32+,34-/m1/s1. The molecule has 1 amide bonds. The Bertz CT molecular complexity index is 1110. The van der Waals surface area contributed by atoms with Gasteiger partial charge < -0.3 is 14.8 Å². The van der Waals surface area contributed by atoms with E-state index in [2.05, 4.69) is 56.8 Å². The van der Waals surface area contributed by atoms with E-state index in [0.29, 0.717) is 12.5 Å². The second kappa shape index (κ2) is 20.6. The van der Waals surface area contributed by atoms with Crippen molar-refractivity contribution in [3.8, 4) is 11.8 Å². The lowest BCUT2D eigenvalue weighted by atomic mass is 9.83. The normalized spacial score (nSPS) is 20.0. The van der Waals surface area contributed by atoms with Crippen LogP contribution in [0.2, 0.25) is 0 Å². The summed E-state index contributed by atoms with van der Waals surface area (Å²) in [4.78, 5) is 39.9. The van der Waals surface area contributed by atoms with Crippen LogP contribution in [0.1, 0.15) is 143 Å². The van der Waals surface area contributed by atoms with Gasteiger partial charge in [-0.15, -0.1) is 0 Å². The highest BCUT2D eigenvalue weighted by Gasteiger charge is 2.47. The number of amides is 1. The average Bonchev–Trinajstić information content (AvgIpc) is 3.32. The molecule has 1 saturated heterocycles. The number of rotatable bonds is 20. The van der Waals surface area contributed by atoms with Crippen molar-refractivity contribution in [3.05, 3.63) is 32.6 Å². The predicted octanol–water partition coefficient (Wildman–Crippen LogP) is 6.72. The smallest absolute Gasteiger partial charge is 0.330 e. The maximum Gasteiger partial charge on any atom is 0.330 e. The summed E-state index contributed by atoms with van der Waals surface area (Å²) in [6.45, 7) is 11.3. The van der Waals surface area contributed by atoms with Gasteiger partial charge in [-0.1, -0.05) is 118 Å². The SMILES string of the molecule is CCCCCCCCCCCCCCCCNC(=O)C#Cc1cn([C@@H]2O[C@H](CC(C)C)C(C(C)C)[C@@H]2OC)c(=O)[nH]c1=O. The number of hydrogen-bond donors (Lipinski definition) is 2. The Balaban J connectivity index is 1.79. The van der Waals surface area contributed by atoms with E-state index in [1.807, 2.05) is 0 Å². The van der Waals surface area contributed by atoms with Crippen molar-refractivity contribution >= 4 is 5.91 Å². The van der Waals surface area contributed by atoms with Gasteiger partial charge in [-0.05, 0) is 30.6 Å². The summed E-state index contributed by atoms with van der Waals surface area (Å²) in [6, 6.07) is 0. The van der Waals surface area contributed by atoms with Crippen LogP contribution in [0.15, 0.2) is 15.8 Å². The van der Waals surface area contributed by atoms with E-state index in [1.54, 1.807) is 7.11 Å². The molecule has 0 spiro atoms. The van der Waals surface area contributed by atoms with Crippen LogP contribution in [-0.4, -0.2) is 41.3 Å². The fourth-order valence-electron chi connectivity index (χ4n) is 6.19. The first kappa shape index (κ1) is 36.8. The highest BCUT2D eigenvalue weighted by atomic mass is 16.6. The Hall–Kier alpha value is -2.37. The molecule has 43 heavy (non-hydrogen) atoms. The molecule has 2 rings (SSSR count). The van der Waals surface area contributed by atoms with Crippen LogP contribution in [0.25, 0.3) is 0 Å². The van der Waals surface area contributed by atoms with E-state index < -0.39 is 23.4 Å². The third-order valence-corrected chi connectivity index (χ3v) is 8.52. The van der Waals surface area contributed by atoms with Crippen molar-refractivity contribution in [2.24, 2.45) is 17.8 Å². The van der Waals surface area contributed by atoms with Crippen LogP contribution in [0.3, 0.4) is 0 Å². The second-order valence-electron chi connectivity index (χ2n) is 13.0. The summed E-state index contributed by atoms with van der Waals surface area (Å²) in [5.74, 6) is 5.51. The lowest BCUT2D eigenvalue weighted by Gasteiger charge is -2.27. The van der Waals surface area contributed by atoms with E-state index in [9.17, 15) is 14.4 Å². The Morgan fingerprint density at radius 2 is 1.51 bits per heavy atom. The minimum absolute atomic E-state index is 0.0399. The van der Waals surface area contributed by atoms with Gasteiger partial charge in [0.15, 0.2) is 6.23 Å². The minimum atomic E-state index is -0.694. The van der Waals surface area contributed by atoms with Gasteiger partial charge in [0.05, 0.1) is 6.10 Å². The van der Waals surface area contributed by atoms with Crippen molar-refractivity contribution in [1.82, 2.24) is 14.9 Å². The first-order valence-corrected chi connectivity index (χ1v) is 17.0. The molecule has 8 nitrogen and oxygen atoms in total. The number of unbranched alkanes of at least 4 members (excludes halogenated alkanes) is 13. The molecule has 0 saturated carbocycles. The van der Waals surface area contributed by atoms with Crippen molar-refractivity contribution < 1.29 is 14.3 Å². The molecule has 2 heterocycles. The first-order chi connectivity index (χ1) is 20.7. The quantitative estimate of drug-likeness (QED) is 0.128. The summed E-state index contributed by atoms with van der Waals surface area (Å²) < 4.78 is 13.5. The number of ether oxygens (including phenoxy) is 2. The summed E-state index contributed by atoms with van der Waals surface area (Å²) in [6.07, 6.45) is 19.1. The number of nitrogens with zero attached hydrogens (tertiary/aromatic N) is 1. The van der Waals surface area contributed by atoms with Crippen molar-refractivity contribution in [3.63, 3.8) is 0 Å². The third-order valence-electron chi connectivity index (χ3n) is 8.52. The maximum atomic E-state index is 12.8. The first-order valence-electron chi connectivity index (χ1n) is 17.0. The molecule has 8 heteroatoms. The third kappa shape index (κ3) is 13.0.